The van der Waals surface area contributed by atoms with Gasteiger partial charge in [0.05, 0.1) is 14.2 Å². The molecule has 1 saturated carbocycles. The largest absolute Gasteiger partial charge is 0.497 e. The van der Waals surface area contributed by atoms with E-state index < -0.39 is 0 Å². The fraction of sp³-hybridized carbons (Fsp3) is 0.625. The molecule has 0 aromatic heterocycles. The Kier molecular flexibility index (Phi) is 4.04. The maximum atomic E-state index is 6.76. The Bertz CT molecular complexity index is 446. The van der Waals surface area contributed by atoms with Crippen molar-refractivity contribution in [2.45, 2.75) is 38.6 Å². The molecule has 1 aliphatic rings. The van der Waals surface area contributed by atoms with Gasteiger partial charge in [-0.25, -0.2) is 0 Å². The Morgan fingerprint density at radius 1 is 1.21 bits per heavy atom. The number of ether oxygens (including phenoxy) is 2. The molecule has 0 saturated heterocycles. The molecule has 2 rings (SSSR count). The highest BCUT2D eigenvalue weighted by atomic mass is 16.5. The summed E-state index contributed by atoms with van der Waals surface area (Å²) in [5.74, 6) is 2.73. The molecule has 106 valence electrons. The molecule has 1 aromatic rings. The highest BCUT2D eigenvalue weighted by molar-refractivity contribution is 5.45. The van der Waals surface area contributed by atoms with Gasteiger partial charge in [0.2, 0.25) is 0 Å². The predicted molar refractivity (Wildman–Crippen MR) is 77.6 cm³/mol. The molecule has 0 heterocycles. The SMILES string of the molecule is COc1ccc(C2(N)CCCC(C)C2C)c(OC)c1. The first-order chi connectivity index (χ1) is 9.02. The summed E-state index contributed by atoms with van der Waals surface area (Å²) >= 11 is 0. The van der Waals surface area contributed by atoms with Crippen LogP contribution in [0.4, 0.5) is 0 Å². The monoisotopic (exact) mass is 263 g/mol. The van der Waals surface area contributed by atoms with E-state index in [9.17, 15) is 0 Å². The van der Waals surface area contributed by atoms with Gasteiger partial charge in [0.1, 0.15) is 11.5 Å². The molecule has 0 bridgehead atoms. The van der Waals surface area contributed by atoms with E-state index in [1.807, 2.05) is 12.1 Å². The maximum absolute atomic E-state index is 6.76. The molecule has 3 unspecified atom stereocenters. The van der Waals surface area contributed by atoms with E-state index in [0.29, 0.717) is 11.8 Å². The zero-order valence-electron chi connectivity index (χ0n) is 12.4. The Hall–Kier alpha value is -1.22. The number of benzene rings is 1. The summed E-state index contributed by atoms with van der Waals surface area (Å²) in [6, 6.07) is 5.96. The molecule has 1 fully saturated rings. The van der Waals surface area contributed by atoms with Crippen LogP contribution >= 0.6 is 0 Å². The Labute approximate surface area is 116 Å². The van der Waals surface area contributed by atoms with E-state index >= 15 is 0 Å². The standard InChI is InChI=1S/C16H25NO2/c1-11-6-5-9-16(17,12(11)2)14-8-7-13(18-3)10-15(14)19-4/h7-8,10-12H,5-6,9,17H2,1-4H3. The van der Waals surface area contributed by atoms with Crippen LogP contribution in [0.1, 0.15) is 38.7 Å². The highest BCUT2D eigenvalue weighted by Gasteiger charge is 2.41. The molecule has 2 N–H and O–H groups in total. The molecule has 0 amide bonds. The molecule has 3 atom stereocenters. The van der Waals surface area contributed by atoms with E-state index in [-0.39, 0.29) is 5.54 Å². The third kappa shape index (κ3) is 2.44. The molecule has 19 heavy (non-hydrogen) atoms. The lowest BCUT2D eigenvalue weighted by molar-refractivity contribution is 0.140. The van der Waals surface area contributed by atoms with Crippen LogP contribution in [0.2, 0.25) is 0 Å². The molecular formula is C16H25NO2. The van der Waals surface area contributed by atoms with Crippen LogP contribution in [0.25, 0.3) is 0 Å². The van der Waals surface area contributed by atoms with E-state index in [2.05, 4.69) is 19.9 Å². The maximum Gasteiger partial charge on any atom is 0.127 e. The molecule has 3 heteroatoms. The number of methoxy groups -OCH3 is 2. The van der Waals surface area contributed by atoms with Crippen LogP contribution in [0.3, 0.4) is 0 Å². The smallest absolute Gasteiger partial charge is 0.127 e. The lowest BCUT2D eigenvalue weighted by Gasteiger charge is -2.44. The normalized spacial score (nSPS) is 31.0. The minimum atomic E-state index is -0.296. The van der Waals surface area contributed by atoms with Gasteiger partial charge in [-0.05, 0) is 30.4 Å². The molecule has 0 spiro atoms. The Morgan fingerprint density at radius 3 is 2.58 bits per heavy atom. The second kappa shape index (κ2) is 5.41. The van der Waals surface area contributed by atoms with E-state index in [4.69, 9.17) is 15.2 Å². The third-order valence-electron chi connectivity index (χ3n) is 4.83. The summed E-state index contributed by atoms with van der Waals surface area (Å²) in [5.41, 5.74) is 7.57. The van der Waals surface area contributed by atoms with Gasteiger partial charge in [0.15, 0.2) is 0 Å². The van der Waals surface area contributed by atoms with Gasteiger partial charge in [-0.15, -0.1) is 0 Å². The van der Waals surface area contributed by atoms with Crippen molar-refractivity contribution in [1.29, 1.82) is 0 Å². The lowest BCUT2D eigenvalue weighted by Crippen LogP contribution is -2.48. The lowest BCUT2D eigenvalue weighted by atomic mass is 9.65. The van der Waals surface area contributed by atoms with Gasteiger partial charge >= 0.3 is 0 Å². The van der Waals surface area contributed by atoms with Gasteiger partial charge in [-0.1, -0.05) is 26.7 Å². The van der Waals surface area contributed by atoms with Crippen molar-refractivity contribution in [3.05, 3.63) is 23.8 Å². The van der Waals surface area contributed by atoms with Crippen LogP contribution in [0.5, 0.6) is 11.5 Å². The van der Waals surface area contributed by atoms with Crippen molar-refractivity contribution in [2.24, 2.45) is 17.6 Å². The van der Waals surface area contributed by atoms with Crippen LogP contribution in [0, 0.1) is 11.8 Å². The summed E-state index contributed by atoms with van der Waals surface area (Å²) in [4.78, 5) is 0. The van der Waals surface area contributed by atoms with Crippen LogP contribution in [0.15, 0.2) is 18.2 Å². The minimum absolute atomic E-state index is 0.296. The summed E-state index contributed by atoms with van der Waals surface area (Å²) in [5, 5.41) is 0. The Morgan fingerprint density at radius 2 is 1.95 bits per heavy atom. The average molecular weight is 263 g/mol. The summed E-state index contributed by atoms with van der Waals surface area (Å²) in [6.45, 7) is 4.55. The fourth-order valence-corrected chi connectivity index (χ4v) is 3.26. The highest BCUT2D eigenvalue weighted by Crippen LogP contribution is 2.46. The van der Waals surface area contributed by atoms with E-state index in [1.165, 1.54) is 12.8 Å². The van der Waals surface area contributed by atoms with E-state index in [1.54, 1.807) is 14.2 Å². The molecule has 0 radical (unpaired) electrons. The average Bonchev–Trinajstić information content (AvgIpc) is 2.44. The van der Waals surface area contributed by atoms with Gasteiger partial charge < -0.3 is 15.2 Å². The zero-order valence-corrected chi connectivity index (χ0v) is 12.4. The third-order valence-corrected chi connectivity index (χ3v) is 4.83. The Balaban J connectivity index is 2.44. The number of rotatable bonds is 3. The first-order valence-corrected chi connectivity index (χ1v) is 7.04. The first-order valence-electron chi connectivity index (χ1n) is 7.04. The van der Waals surface area contributed by atoms with Crippen molar-refractivity contribution in [2.75, 3.05) is 14.2 Å². The molecule has 1 aliphatic carbocycles. The second-order valence-electron chi connectivity index (χ2n) is 5.76. The molecule has 1 aromatic carbocycles. The molecular weight excluding hydrogens is 238 g/mol. The fourth-order valence-electron chi connectivity index (χ4n) is 3.26. The number of hydrogen-bond acceptors (Lipinski definition) is 3. The van der Waals surface area contributed by atoms with Gasteiger partial charge in [-0.2, -0.15) is 0 Å². The van der Waals surface area contributed by atoms with Crippen molar-refractivity contribution in [3.63, 3.8) is 0 Å². The quantitative estimate of drug-likeness (QED) is 0.910. The van der Waals surface area contributed by atoms with Crippen molar-refractivity contribution in [1.82, 2.24) is 0 Å². The van der Waals surface area contributed by atoms with Crippen molar-refractivity contribution >= 4 is 0 Å². The van der Waals surface area contributed by atoms with E-state index in [0.717, 1.165) is 23.5 Å². The molecule has 0 aliphatic heterocycles. The zero-order chi connectivity index (χ0) is 14.0. The predicted octanol–water partition coefficient (Wildman–Crippen LogP) is 3.31. The van der Waals surface area contributed by atoms with Gasteiger partial charge in [0.25, 0.3) is 0 Å². The molecule has 3 nitrogen and oxygen atoms in total. The van der Waals surface area contributed by atoms with Crippen LogP contribution in [-0.2, 0) is 5.54 Å². The van der Waals surface area contributed by atoms with Crippen molar-refractivity contribution in [3.8, 4) is 11.5 Å². The minimum Gasteiger partial charge on any atom is -0.497 e. The summed E-state index contributed by atoms with van der Waals surface area (Å²) in [6.07, 6.45) is 3.46. The summed E-state index contributed by atoms with van der Waals surface area (Å²) in [7, 11) is 3.36. The first kappa shape index (κ1) is 14.2. The second-order valence-corrected chi connectivity index (χ2v) is 5.76. The number of nitrogens with two attached hydrogens (primary N) is 1. The van der Waals surface area contributed by atoms with Gasteiger partial charge in [-0.3, -0.25) is 0 Å². The van der Waals surface area contributed by atoms with Crippen molar-refractivity contribution < 1.29 is 9.47 Å². The number of hydrogen-bond donors (Lipinski definition) is 1. The van der Waals surface area contributed by atoms with Crippen LogP contribution < -0.4 is 15.2 Å². The van der Waals surface area contributed by atoms with Crippen LogP contribution in [-0.4, -0.2) is 14.2 Å². The van der Waals surface area contributed by atoms with Gasteiger partial charge in [0, 0.05) is 17.2 Å². The summed E-state index contributed by atoms with van der Waals surface area (Å²) < 4.78 is 10.8. The topological polar surface area (TPSA) is 44.5 Å².